The number of amides is 3. The molecule has 0 bridgehead atoms. The minimum Gasteiger partial charge on any atom is -0.508 e. The number of benzene rings is 2. The number of carbonyl (C=O) groups excluding carboxylic acids is 3. The van der Waals surface area contributed by atoms with E-state index < -0.39 is 5.91 Å². The second-order valence-corrected chi connectivity index (χ2v) is 5.53. The summed E-state index contributed by atoms with van der Waals surface area (Å²) >= 11 is 0. The number of carbonyl (C=O) groups is 3. The van der Waals surface area contributed by atoms with Crippen molar-refractivity contribution < 1.29 is 19.5 Å². The molecular weight excluding hydrogens is 308 g/mol. The van der Waals surface area contributed by atoms with Crippen molar-refractivity contribution in [1.29, 1.82) is 0 Å². The molecule has 24 heavy (non-hydrogen) atoms. The van der Waals surface area contributed by atoms with E-state index in [0.29, 0.717) is 24.2 Å². The van der Waals surface area contributed by atoms with Crippen molar-refractivity contribution in [2.75, 3.05) is 11.9 Å². The van der Waals surface area contributed by atoms with Crippen molar-refractivity contribution in [2.45, 2.75) is 13.3 Å². The second kappa shape index (κ2) is 6.16. The number of imide groups is 1. The van der Waals surface area contributed by atoms with Gasteiger partial charge in [0.25, 0.3) is 17.7 Å². The average molecular weight is 324 g/mol. The number of hydrogen-bond acceptors (Lipinski definition) is 4. The highest BCUT2D eigenvalue weighted by atomic mass is 16.3. The van der Waals surface area contributed by atoms with E-state index in [9.17, 15) is 19.5 Å². The number of aromatic hydroxyl groups is 1. The third-order valence-electron chi connectivity index (χ3n) is 3.78. The molecule has 0 spiro atoms. The third-order valence-corrected chi connectivity index (χ3v) is 3.78. The predicted molar refractivity (Wildman–Crippen MR) is 88.2 cm³/mol. The van der Waals surface area contributed by atoms with Gasteiger partial charge in [-0.1, -0.05) is 13.0 Å². The molecule has 1 aliphatic heterocycles. The predicted octanol–water partition coefficient (Wildman–Crippen LogP) is 2.65. The molecule has 0 radical (unpaired) electrons. The zero-order chi connectivity index (χ0) is 17.3. The molecule has 122 valence electrons. The smallest absolute Gasteiger partial charge is 0.261 e. The Labute approximate surface area is 138 Å². The van der Waals surface area contributed by atoms with Gasteiger partial charge in [-0.3, -0.25) is 19.3 Å². The van der Waals surface area contributed by atoms with Crippen LogP contribution in [0.5, 0.6) is 5.75 Å². The fraction of sp³-hybridized carbons (Fsp3) is 0.167. The Hall–Kier alpha value is -3.15. The van der Waals surface area contributed by atoms with Gasteiger partial charge in [0.2, 0.25) is 0 Å². The van der Waals surface area contributed by atoms with E-state index in [2.05, 4.69) is 5.32 Å². The van der Waals surface area contributed by atoms with Gasteiger partial charge in [0.05, 0.1) is 11.1 Å². The van der Waals surface area contributed by atoms with Crippen LogP contribution in [0.4, 0.5) is 5.69 Å². The zero-order valence-corrected chi connectivity index (χ0v) is 13.1. The maximum atomic E-state index is 12.3. The molecule has 2 aromatic rings. The number of anilines is 1. The van der Waals surface area contributed by atoms with Gasteiger partial charge in [-0.15, -0.1) is 0 Å². The molecule has 3 amide bonds. The van der Waals surface area contributed by atoms with Crippen molar-refractivity contribution >= 4 is 23.4 Å². The number of nitrogens with zero attached hydrogens (tertiary/aromatic N) is 1. The lowest BCUT2D eigenvalue weighted by Crippen LogP contribution is -2.30. The second-order valence-electron chi connectivity index (χ2n) is 5.53. The highest BCUT2D eigenvalue weighted by Gasteiger charge is 2.35. The van der Waals surface area contributed by atoms with Gasteiger partial charge in [-0.25, -0.2) is 0 Å². The number of fused-ring (bicyclic) bond motifs is 1. The highest BCUT2D eigenvalue weighted by Crippen LogP contribution is 2.25. The maximum absolute atomic E-state index is 12.3. The summed E-state index contributed by atoms with van der Waals surface area (Å²) in [6, 6.07) is 10.6. The first kappa shape index (κ1) is 15.7. The zero-order valence-electron chi connectivity index (χ0n) is 13.1. The van der Waals surface area contributed by atoms with Crippen LogP contribution in [0.25, 0.3) is 0 Å². The van der Waals surface area contributed by atoms with Gasteiger partial charge in [0.1, 0.15) is 5.75 Å². The summed E-state index contributed by atoms with van der Waals surface area (Å²) in [5.41, 5.74) is 1.28. The molecule has 1 aliphatic rings. The fourth-order valence-corrected chi connectivity index (χ4v) is 2.65. The monoisotopic (exact) mass is 324 g/mol. The van der Waals surface area contributed by atoms with Crippen molar-refractivity contribution in [2.24, 2.45) is 0 Å². The minimum atomic E-state index is -0.419. The molecule has 3 rings (SSSR count). The Morgan fingerprint density at radius 1 is 1.08 bits per heavy atom. The molecule has 6 nitrogen and oxygen atoms in total. The van der Waals surface area contributed by atoms with Gasteiger partial charge >= 0.3 is 0 Å². The molecule has 1 heterocycles. The van der Waals surface area contributed by atoms with Crippen LogP contribution in [0.2, 0.25) is 0 Å². The van der Waals surface area contributed by atoms with Gasteiger partial charge in [-0.2, -0.15) is 0 Å². The summed E-state index contributed by atoms with van der Waals surface area (Å²) < 4.78 is 0. The van der Waals surface area contributed by atoms with Crippen molar-refractivity contribution in [3.63, 3.8) is 0 Å². The first-order chi connectivity index (χ1) is 11.5. The van der Waals surface area contributed by atoms with Crippen LogP contribution in [0.3, 0.4) is 0 Å². The molecule has 2 N–H and O–H groups in total. The maximum Gasteiger partial charge on any atom is 0.261 e. The van der Waals surface area contributed by atoms with Crippen LogP contribution < -0.4 is 5.32 Å². The fourth-order valence-electron chi connectivity index (χ4n) is 2.65. The lowest BCUT2D eigenvalue weighted by atomic mass is 10.1. The number of phenolic OH excluding ortho intramolecular Hbond substituents is 1. The number of nitrogens with one attached hydrogen (secondary N) is 1. The van der Waals surface area contributed by atoms with Crippen LogP contribution in [0.1, 0.15) is 44.4 Å². The number of hydrogen-bond donors (Lipinski definition) is 2. The van der Waals surface area contributed by atoms with Gasteiger partial charge in [-0.05, 0) is 36.8 Å². The van der Waals surface area contributed by atoms with Gasteiger partial charge in [0, 0.05) is 23.9 Å². The quantitative estimate of drug-likeness (QED) is 0.847. The van der Waals surface area contributed by atoms with E-state index in [1.165, 1.54) is 35.2 Å². The molecule has 0 saturated heterocycles. The third kappa shape index (κ3) is 2.74. The molecule has 0 fully saturated rings. The van der Waals surface area contributed by atoms with Crippen LogP contribution in [-0.2, 0) is 0 Å². The topological polar surface area (TPSA) is 86.7 Å². The van der Waals surface area contributed by atoms with Crippen LogP contribution >= 0.6 is 0 Å². The highest BCUT2D eigenvalue weighted by molar-refractivity contribution is 6.22. The van der Waals surface area contributed by atoms with Gasteiger partial charge < -0.3 is 10.4 Å². The Morgan fingerprint density at radius 2 is 1.83 bits per heavy atom. The molecule has 6 heteroatoms. The Morgan fingerprint density at radius 3 is 2.54 bits per heavy atom. The van der Waals surface area contributed by atoms with Crippen molar-refractivity contribution in [3.8, 4) is 5.75 Å². The number of phenols is 1. The van der Waals surface area contributed by atoms with Crippen molar-refractivity contribution in [3.05, 3.63) is 59.2 Å². The summed E-state index contributed by atoms with van der Waals surface area (Å²) in [6.45, 7) is 2.24. The standard InChI is InChI=1S/C18H16N2O4/c1-2-8-20-17(23)14-7-6-11(9-15(14)18(20)24)16(22)19-12-4-3-5-13(21)10-12/h3-7,9-10,21H,2,8H2,1H3,(H,19,22). The normalized spacial score (nSPS) is 13.1. The van der Waals surface area contributed by atoms with E-state index in [-0.39, 0.29) is 28.7 Å². The summed E-state index contributed by atoms with van der Waals surface area (Å²) in [5, 5.41) is 12.1. The van der Waals surface area contributed by atoms with Crippen LogP contribution in [0, 0.1) is 0 Å². The first-order valence-electron chi connectivity index (χ1n) is 7.62. The van der Waals surface area contributed by atoms with E-state index in [1.807, 2.05) is 6.92 Å². The summed E-state index contributed by atoms with van der Waals surface area (Å²) in [6.07, 6.45) is 0.677. The average Bonchev–Trinajstić information content (AvgIpc) is 2.80. The molecule has 0 atom stereocenters. The molecule has 0 saturated carbocycles. The van der Waals surface area contributed by atoms with E-state index in [0.717, 1.165) is 0 Å². The summed E-state index contributed by atoms with van der Waals surface area (Å²) in [7, 11) is 0. The minimum absolute atomic E-state index is 0.0396. The first-order valence-corrected chi connectivity index (χ1v) is 7.62. The summed E-state index contributed by atoms with van der Waals surface area (Å²) in [4.78, 5) is 38.0. The van der Waals surface area contributed by atoms with E-state index in [1.54, 1.807) is 12.1 Å². The van der Waals surface area contributed by atoms with E-state index in [4.69, 9.17) is 0 Å². The lowest BCUT2D eigenvalue weighted by molar-refractivity contribution is 0.0654. The van der Waals surface area contributed by atoms with Crippen molar-refractivity contribution in [1.82, 2.24) is 4.90 Å². The molecule has 0 unspecified atom stereocenters. The lowest BCUT2D eigenvalue weighted by Gasteiger charge is -2.11. The Bertz CT molecular complexity index is 845. The van der Waals surface area contributed by atoms with Crippen LogP contribution in [-0.4, -0.2) is 34.3 Å². The molecule has 2 aromatic carbocycles. The molecule has 0 aromatic heterocycles. The SMILES string of the molecule is CCCN1C(=O)c2ccc(C(=O)Nc3cccc(O)c3)cc2C1=O. The largest absolute Gasteiger partial charge is 0.508 e. The summed E-state index contributed by atoms with van der Waals surface area (Å²) in [5.74, 6) is -1.07. The number of rotatable bonds is 4. The van der Waals surface area contributed by atoms with E-state index >= 15 is 0 Å². The molecular formula is C18H16N2O4. The Balaban J connectivity index is 1.86. The Kier molecular flexibility index (Phi) is 4.04. The molecule has 0 aliphatic carbocycles. The van der Waals surface area contributed by atoms with Gasteiger partial charge in [0.15, 0.2) is 0 Å². The van der Waals surface area contributed by atoms with Crippen LogP contribution in [0.15, 0.2) is 42.5 Å².